The maximum atomic E-state index is 2.28. The summed E-state index contributed by atoms with van der Waals surface area (Å²) >= 11 is 0. The summed E-state index contributed by atoms with van der Waals surface area (Å²) in [6.07, 6.45) is 17.5. The zero-order chi connectivity index (χ0) is 7.52. The summed E-state index contributed by atoms with van der Waals surface area (Å²) < 4.78 is 0. The first-order chi connectivity index (χ1) is 5.45. The Bertz CT molecular complexity index is 250. The van der Waals surface area contributed by atoms with Crippen molar-refractivity contribution < 1.29 is 77.1 Å². The first-order valence-corrected chi connectivity index (χ1v) is 4.01. The molecule has 0 saturated heterocycles. The van der Waals surface area contributed by atoms with Crippen LogP contribution in [0.2, 0.25) is 0 Å². The molecule has 0 unspecified atom stereocenters. The second kappa shape index (κ2) is 11.6. The van der Waals surface area contributed by atoms with Gasteiger partial charge in [-0.05, 0) is 12.8 Å². The molecule has 80 valence electrons. The van der Waals surface area contributed by atoms with E-state index in [0.717, 1.165) is 12.8 Å². The summed E-state index contributed by atoms with van der Waals surface area (Å²) in [7, 11) is 0. The van der Waals surface area contributed by atoms with Crippen LogP contribution in [-0.2, 0) is 26.2 Å². The van der Waals surface area contributed by atoms with Crippen LogP contribution >= 0.6 is 0 Å². The molecule has 0 saturated carbocycles. The first-order valence-electron chi connectivity index (χ1n) is 4.01. The van der Waals surface area contributed by atoms with Crippen molar-refractivity contribution in [2.24, 2.45) is 0 Å². The number of halogens is 3. The molecule has 2 aliphatic carbocycles. The summed E-state index contributed by atoms with van der Waals surface area (Å²) in [5.41, 5.74) is 2.86. The molecule has 0 N–H and O–H groups in total. The third kappa shape index (κ3) is 7.15. The second-order valence-electron chi connectivity index (χ2n) is 2.89. The monoisotopic (exact) mass is 470 g/mol. The molecule has 0 radical (unpaired) electrons. The summed E-state index contributed by atoms with van der Waals surface area (Å²) in [6.45, 7) is 0. The van der Waals surface area contributed by atoms with Crippen LogP contribution in [0.4, 0.5) is 0 Å². The molecule has 2 rings (SSSR count). The first kappa shape index (κ1) is 21.4. The van der Waals surface area contributed by atoms with E-state index in [1.807, 2.05) is 0 Å². The van der Waals surface area contributed by atoms with Gasteiger partial charge in [0.15, 0.2) is 0 Å². The Morgan fingerprint density at radius 2 is 1.20 bits per heavy atom. The zero-order valence-corrected chi connectivity index (χ0v) is 15.3. The Kier molecular flexibility index (Phi) is 16.6. The van der Waals surface area contributed by atoms with E-state index < -0.39 is 0 Å². The van der Waals surface area contributed by atoms with E-state index >= 15 is 0 Å². The Morgan fingerprint density at radius 1 is 0.800 bits per heavy atom. The predicted molar refractivity (Wildman–Crippen MR) is 48.0 cm³/mol. The minimum Gasteiger partial charge on any atom is -1.00 e. The fourth-order valence-electron chi connectivity index (χ4n) is 1.38. The van der Waals surface area contributed by atoms with Crippen LogP contribution in [0.1, 0.15) is 12.8 Å². The van der Waals surface area contributed by atoms with E-state index in [1.54, 1.807) is 0 Å². The maximum Gasteiger partial charge on any atom is 4.00 e. The molecule has 0 aromatic carbocycles. The van der Waals surface area contributed by atoms with Crippen LogP contribution in [-0.4, -0.2) is 0 Å². The van der Waals surface area contributed by atoms with Crippen molar-refractivity contribution in [3.05, 3.63) is 54.0 Å². The van der Waals surface area contributed by atoms with Crippen molar-refractivity contribution in [3.8, 4) is 0 Å². The van der Waals surface area contributed by atoms with E-state index in [0.29, 0.717) is 0 Å². The summed E-state index contributed by atoms with van der Waals surface area (Å²) in [5.74, 6) is 0. The molecule has 0 aromatic rings. The van der Waals surface area contributed by atoms with E-state index in [9.17, 15) is 0 Å². The molecule has 15 heavy (non-hydrogen) atoms. The topological polar surface area (TPSA) is 0 Å². The minimum absolute atomic E-state index is 0. The van der Waals surface area contributed by atoms with Crippen LogP contribution < -0.4 is 50.9 Å². The van der Waals surface area contributed by atoms with Gasteiger partial charge in [0.1, 0.15) is 0 Å². The van der Waals surface area contributed by atoms with Crippen molar-refractivity contribution in [3.63, 3.8) is 0 Å². The van der Waals surface area contributed by atoms with E-state index in [1.165, 1.54) is 11.1 Å². The van der Waals surface area contributed by atoms with Crippen molar-refractivity contribution in [2.45, 2.75) is 12.8 Å². The van der Waals surface area contributed by atoms with Crippen LogP contribution in [0.3, 0.4) is 0 Å². The van der Waals surface area contributed by atoms with Gasteiger partial charge in [0.05, 0.1) is 0 Å². The van der Waals surface area contributed by atoms with Gasteiger partial charge in [-0.25, -0.2) is 0 Å². The molecule has 0 aliphatic heterocycles. The smallest absolute Gasteiger partial charge is 1.00 e. The van der Waals surface area contributed by atoms with Gasteiger partial charge in [0.25, 0.3) is 0 Å². The minimum atomic E-state index is 0. The number of rotatable bonds is 2. The van der Waals surface area contributed by atoms with Crippen LogP contribution in [0, 0.1) is 6.42 Å². The van der Waals surface area contributed by atoms with E-state index in [2.05, 4.69) is 42.9 Å². The van der Waals surface area contributed by atoms with Gasteiger partial charge in [-0.2, -0.15) is 29.7 Å². The third-order valence-electron chi connectivity index (χ3n) is 1.97. The average Bonchev–Trinajstić information content (AvgIpc) is 2.60. The molecule has 0 fully saturated rings. The molecule has 0 aromatic heterocycles. The Balaban J connectivity index is -0.000000360. The number of hydrogen-bond acceptors (Lipinski definition) is 0. The molecule has 0 spiro atoms. The fourth-order valence-corrected chi connectivity index (χ4v) is 1.38. The SMILES string of the molecule is C1=CCC([CH-]C2=CC=CC2)=C1.[Br-].[Br-].[Br-].[Zr+4]. The molecule has 0 amide bonds. The normalized spacial score (nSPS) is 14.9. The van der Waals surface area contributed by atoms with Crippen molar-refractivity contribution >= 4 is 0 Å². The molecular formula is C11H11Br3Zr. The maximum absolute atomic E-state index is 2.28. The summed E-state index contributed by atoms with van der Waals surface area (Å²) in [5, 5.41) is 0. The van der Waals surface area contributed by atoms with Gasteiger partial charge >= 0.3 is 26.2 Å². The van der Waals surface area contributed by atoms with Gasteiger partial charge in [-0.1, -0.05) is 12.2 Å². The standard InChI is InChI=1S/C11H11.3BrH.Zr/c1-2-6-10(5-1)9-11-7-3-4-8-11;;;;/h1-5,7,9H,6,8H2;3*1H;/q-1;;;;+4/p-3. The van der Waals surface area contributed by atoms with Crippen molar-refractivity contribution in [2.75, 3.05) is 0 Å². The third-order valence-corrected chi connectivity index (χ3v) is 1.97. The van der Waals surface area contributed by atoms with Crippen molar-refractivity contribution in [1.82, 2.24) is 0 Å². The summed E-state index contributed by atoms with van der Waals surface area (Å²) in [4.78, 5) is 0. The average molecular weight is 474 g/mol. The van der Waals surface area contributed by atoms with Crippen LogP contribution in [0.5, 0.6) is 0 Å². The largest absolute Gasteiger partial charge is 4.00 e. The fraction of sp³-hybridized carbons (Fsp3) is 0.182. The zero-order valence-electron chi connectivity index (χ0n) is 8.09. The van der Waals surface area contributed by atoms with Gasteiger partial charge in [-0.15, -0.1) is 12.2 Å². The number of allylic oxidation sites excluding steroid dienone is 8. The second-order valence-corrected chi connectivity index (χ2v) is 2.89. The molecule has 0 nitrogen and oxygen atoms in total. The Labute approximate surface area is 142 Å². The summed E-state index contributed by atoms with van der Waals surface area (Å²) in [6, 6.07) is 0. The van der Waals surface area contributed by atoms with Gasteiger partial charge in [0.2, 0.25) is 0 Å². The molecular weight excluding hydrogens is 463 g/mol. The molecule has 0 heterocycles. The molecule has 4 heteroatoms. The van der Waals surface area contributed by atoms with E-state index in [4.69, 9.17) is 0 Å². The quantitative estimate of drug-likeness (QED) is 0.350. The molecule has 2 aliphatic rings. The van der Waals surface area contributed by atoms with Gasteiger partial charge in [-0.3, -0.25) is 0 Å². The Hall–Kier alpha value is 1.15. The number of hydrogen-bond donors (Lipinski definition) is 0. The van der Waals surface area contributed by atoms with Gasteiger partial charge < -0.3 is 50.9 Å². The molecule has 0 atom stereocenters. The molecule has 0 bridgehead atoms. The van der Waals surface area contributed by atoms with Gasteiger partial charge in [0, 0.05) is 0 Å². The predicted octanol–water partition coefficient (Wildman–Crippen LogP) is -6.03. The van der Waals surface area contributed by atoms with E-state index in [-0.39, 0.29) is 77.1 Å². The van der Waals surface area contributed by atoms with Crippen molar-refractivity contribution in [1.29, 1.82) is 0 Å². The van der Waals surface area contributed by atoms with Crippen LogP contribution in [0.15, 0.2) is 47.6 Å². The Morgan fingerprint density at radius 3 is 1.47 bits per heavy atom. The van der Waals surface area contributed by atoms with Crippen LogP contribution in [0.25, 0.3) is 0 Å².